The van der Waals surface area contributed by atoms with Gasteiger partial charge in [-0.05, 0) is 61.0 Å². The van der Waals surface area contributed by atoms with Gasteiger partial charge in [-0.15, -0.1) is 0 Å². The number of carbonyl (C=O) groups excluding carboxylic acids is 1. The van der Waals surface area contributed by atoms with Gasteiger partial charge in [-0.2, -0.15) is 0 Å². The van der Waals surface area contributed by atoms with Crippen molar-refractivity contribution in [3.8, 4) is 0 Å². The minimum absolute atomic E-state index is 0.0503. The molecule has 2 N–H and O–H groups in total. The summed E-state index contributed by atoms with van der Waals surface area (Å²) in [6.45, 7) is 1.90. The maximum absolute atomic E-state index is 12.4. The molecule has 2 aromatic carbocycles. The molecule has 8 heteroatoms. The van der Waals surface area contributed by atoms with Gasteiger partial charge in [0.15, 0.2) is 0 Å². The summed E-state index contributed by atoms with van der Waals surface area (Å²) in [5, 5.41) is 3.46. The summed E-state index contributed by atoms with van der Waals surface area (Å²) in [7, 11) is -3.71. The van der Waals surface area contributed by atoms with E-state index in [1.54, 1.807) is 24.3 Å². The first-order chi connectivity index (χ1) is 13.3. The maximum Gasteiger partial charge on any atom is 0.251 e. The van der Waals surface area contributed by atoms with Gasteiger partial charge in [0.1, 0.15) is 5.76 Å². The Morgan fingerprint density at radius 1 is 1.11 bits per heavy atom. The summed E-state index contributed by atoms with van der Waals surface area (Å²) in [4.78, 5) is 12.5. The number of halogens is 1. The molecule has 0 bridgehead atoms. The highest BCUT2D eigenvalue weighted by Crippen LogP contribution is 2.18. The number of rotatable bonds is 7. The molecule has 1 heterocycles. The molecule has 146 valence electrons. The van der Waals surface area contributed by atoms with Crippen LogP contribution >= 0.6 is 11.6 Å². The predicted octanol–water partition coefficient (Wildman–Crippen LogP) is 3.90. The third kappa shape index (κ3) is 5.01. The van der Waals surface area contributed by atoms with E-state index in [0.29, 0.717) is 16.3 Å². The van der Waals surface area contributed by atoms with E-state index >= 15 is 0 Å². The molecule has 0 aliphatic carbocycles. The third-order valence-corrected chi connectivity index (χ3v) is 5.79. The van der Waals surface area contributed by atoms with Crippen molar-refractivity contribution in [1.82, 2.24) is 10.0 Å². The summed E-state index contributed by atoms with van der Waals surface area (Å²) in [6.07, 6.45) is 1.47. The molecule has 1 atom stereocenters. The third-order valence-electron chi connectivity index (χ3n) is 4.14. The van der Waals surface area contributed by atoms with Crippen LogP contribution in [0.1, 0.15) is 34.6 Å². The molecule has 6 nitrogen and oxygen atoms in total. The first-order valence-corrected chi connectivity index (χ1v) is 10.4. The zero-order chi connectivity index (χ0) is 20.1. The minimum Gasteiger partial charge on any atom is -0.468 e. The van der Waals surface area contributed by atoms with Gasteiger partial charge in [-0.25, -0.2) is 13.1 Å². The number of furan rings is 1. The second-order valence-electron chi connectivity index (χ2n) is 6.18. The van der Waals surface area contributed by atoms with Crippen LogP contribution in [0, 0.1) is 0 Å². The molecule has 3 rings (SSSR count). The van der Waals surface area contributed by atoms with E-state index < -0.39 is 10.0 Å². The van der Waals surface area contributed by atoms with Gasteiger partial charge < -0.3 is 9.73 Å². The average molecular weight is 419 g/mol. The Balaban J connectivity index is 1.65. The van der Waals surface area contributed by atoms with E-state index in [1.807, 2.05) is 19.1 Å². The molecular weight excluding hydrogens is 400 g/mol. The van der Waals surface area contributed by atoms with Crippen LogP contribution < -0.4 is 10.0 Å². The Morgan fingerprint density at radius 2 is 1.86 bits per heavy atom. The lowest BCUT2D eigenvalue weighted by Crippen LogP contribution is -2.27. The van der Waals surface area contributed by atoms with E-state index in [0.717, 1.165) is 5.56 Å². The van der Waals surface area contributed by atoms with Gasteiger partial charge in [0.25, 0.3) is 5.91 Å². The topological polar surface area (TPSA) is 88.4 Å². The summed E-state index contributed by atoms with van der Waals surface area (Å²) < 4.78 is 32.2. The SMILES string of the molecule is C[C@H](NC(=O)c1ccc(S(=O)(=O)NCc2ccco2)cc1)c1cccc(Cl)c1. The number of sulfonamides is 1. The Labute approximate surface area is 168 Å². The summed E-state index contributed by atoms with van der Waals surface area (Å²) in [5.41, 5.74) is 1.24. The van der Waals surface area contributed by atoms with E-state index in [-0.39, 0.29) is 23.4 Å². The lowest BCUT2D eigenvalue weighted by Gasteiger charge is -2.15. The molecule has 0 fully saturated rings. The summed E-state index contributed by atoms with van der Waals surface area (Å²) in [5.74, 6) is 0.203. The van der Waals surface area contributed by atoms with Crippen LogP contribution in [0.15, 0.2) is 76.2 Å². The lowest BCUT2D eigenvalue weighted by molar-refractivity contribution is 0.0940. The van der Waals surface area contributed by atoms with Gasteiger partial charge in [0.2, 0.25) is 10.0 Å². The zero-order valence-corrected chi connectivity index (χ0v) is 16.6. The Bertz CT molecular complexity index is 1050. The molecule has 1 aromatic heterocycles. The quantitative estimate of drug-likeness (QED) is 0.609. The van der Waals surface area contributed by atoms with Crippen LogP contribution in [-0.4, -0.2) is 14.3 Å². The van der Waals surface area contributed by atoms with E-state index in [9.17, 15) is 13.2 Å². The van der Waals surface area contributed by atoms with Gasteiger partial charge in [-0.1, -0.05) is 23.7 Å². The number of hydrogen-bond donors (Lipinski definition) is 2. The number of benzene rings is 2. The predicted molar refractivity (Wildman–Crippen MR) is 107 cm³/mol. The van der Waals surface area contributed by atoms with E-state index in [4.69, 9.17) is 16.0 Å². The second-order valence-corrected chi connectivity index (χ2v) is 8.38. The van der Waals surface area contributed by atoms with Crippen molar-refractivity contribution in [3.05, 3.63) is 88.8 Å². The maximum atomic E-state index is 12.4. The van der Waals surface area contributed by atoms with Crippen molar-refractivity contribution in [1.29, 1.82) is 0 Å². The minimum atomic E-state index is -3.71. The molecule has 0 aliphatic heterocycles. The number of nitrogens with one attached hydrogen (secondary N) is 2. The fourth-order valence-electron chi connectivity index (χ4n) is 2.59. The molecule has 0 unspecified atom stereocenters. The molecule has 3 aromatic rings. The van der Waals surface area contributed by atoms with Crippen molar-refractivity contribution in [2.45, 2.75) is 24.4 Å². The zero-order valence-electron chi connectivity index (χ0n) is 15.1. The highest BCUT2D eigenvalue weighted by Gasteiger charge is 2.16. The number of carbonyl (C=O) groups is 1. The summed E-state index contributed by atoms with van der Waals surface area (Å²) >= 11 is 5.98. The van der Waals surface area contributed by atoms with Gasteiger partial charge in [-0.3, -0.25) is 4.79 Å². The van der Waals surface area contributed by atoms with Gasteiger partial charge in [0.05, 0.1) is 23.7 Å². The second kappa shape index (κ2) is 8.60. The Hall–Kier alpha value is -2.61. The van der Waals surface area contributed by atoms with Crippen molar-refractivity contribution >= 4 is 27.5 Å². The molecule has 28 heavy (non-hydrogen) atoms. The van der Waals surface area contributed by atoms with E-state index in [2.05, 4.69) is 10.0 Å². The van der Waals surface area contributed by atoms with Crippen LogP contribution in [0.25, 0.3) is 0 Å². The van der Waals surface area contributed by atoms with Crippen LogP contribution in [-0.2, 0) is 16.6 Å². The normalized spacial score (nSPS) is 12.5. The van der Waals surface area contributed by atoms with Crippen LogP contribution in [0.2, 0.25) is 5.02 Å². The largest absolute Gasteiger partial charge is 0.468 e. The first kappa shape index (κ1) is 20.1. The van der Waals surface area contributed by atoms with Crippen molar-refractivity contribution in [2.24, 2.45) is 0 Å². The Kier molecular flexibility index (Phi) is 6.18. The van der Waals surface area contributed by atoms with Crippen molar-refractivity contribution in [3.63, 3.8) is 0 Å². The van der Waals surface area contributed by atoms with Crippen molar-refractivity contribution < 1.29 is 17.6 Å². The highest BCUT2D eigenvalue weighted by molar-refractivity contribution is 7.89. The summed E-state index contributed by atoms with van der Waals surface area (Å²) in [6, 6.07) is 16.1. The monoisotopic (exact) mass is 418 g/mol. The lowest BCUT2D eigenvalue weighted by atomic mass is 10.1. The highest BCUT2D eigenvalue weighted by atomic mass is 35.5. The molecular formula is C20H19ClN2O4S. The van der Waals surface area contributed by atoms with Gasteiger partial charge in [0, 0.05) is 10.6 Å². The Morgan fingerprint density at radius 3 is 2.50 bits per heavy atom. The molecule has 0 spiro atoms. The van der Waals surface area contributed by atoms with Crippen molar-refractivity contribution in [2.75, 3.05) is 0 Å². The fraction of sp³-hybridized carbons (Fsp3) is 0.150. The van der Waals surface area contributed by atoms with Crippen LogP contribution in [0.3, 0.4) is 0 Å². The standard InChI is InChI=1S/C20H19ClN2O4S/c1-14(16-4-2-5-17(21)12-16)23-20(24)15-7-9-19(10-8-15)28(25,26)22-13-18-6-3-11-27-18/h2-12,14,22H,13H2,1H3,(H,23,24)/t14-/m0/s1. The first-order valence-electron chi connectivity index (χ1n) is 8.53. The molecule has 0 radical (unpaired) electrons. The molecule has 0 saturated heterocycles. The number of amides is 1. The van der Waals surface area contributed by atoms with E-state index in [1.165, 1.54) is 30.5 Å². The average Bonchev–Trinajstić information content (AvgIpc) is 3.20. The molecule has 0 saturated carbocycles. The van der Waals surface area contributed by atoms with Gasteiger partial charge >= 0.3 is 0 Å². The fourth-order valence-corrected chi connectivity index (χ4v) is 3.78. The number of hydrogen-bond acceptors (Lipinski definition) is 4. The molecule has 1 amide bonds. The smallest absolute Gasteiger partial charge is 0.251 e. The molecule has 0 aliphatic rings. The van der Waals surface area contributed by atoms with Crippen LogP contribution in [0.5, 0.6) is 0 Å². The van der Waals surface area contributed by atoms with Crippen LogP contribution in [0.4, 0.5) is 0 Å².